The van der Waals surface area contributed by atoms with Crippen LogP contribution in [0.5, 0.6) is 0 Å². The van der Waals surface area contributed by atoms with E-state index in [1.54, 1.807) is 6.07 Å². The van der Waals surface area contributed by atoms with Gasteiger partial charge in [0.2, 0.25) is 0 Å². The lowest BCUT2D eigenvalue weighted by molar-refractivity contribution is -0.139. The molecule has 0 spiro atoms. The molecule has 36 heavy (non-hydrogen) atoms. The average molecular weight is 530 g/mol. The van der Waals surface area contributed by atoms with Crippen molar-refractivity contribution >= 4 is 28.9 Å². The summed E-state index contributed by atoms with van der Waals surface area (Å²) < 4.78 is 78.8. The van der Waals surface area contributed by atoms with Gasteiger partial charge in [0.15, 0.2) is 0 Å². The number of anilines is 2. The van der Waals surface area contributed by atoms with Crippen LogP contribution in [-0.2, 0) is 17.1 Å². The van der Waals surface area contributed by atoms with Crippen molar-refractivity contribution in [3.63, 3.8) is 0 Å². The highest BCUT2D eigenvalue weighted by molar-refractivity contribution is 6.31. The van der Waals surface area contributed by atoms with Gasteiger partial charge >= 0.3 is 18.3 Å². The molecule has 0 radical (unpaired) electrons. The predicted octanol–water partition coefficient (Wildman–Crippen LogP) is 9.00. The highest BCUT2D eigenvalue weighted by atomic mass is 35.5. The Labute approximate surface area is 208 Å². The van der Waals surface area contributed by atoms with Crippen molar-refractivity contribution in [2.75, 3.05) is 5.32 Å². The van der Waals surface area contributed by atoms with Crippen LogP contribution in [0.2, 0.25) is 5.02 Å². The molecule has 0 heterocycles. The van der Waals surface area contributed by atoms with Gasteiger partial charge in [0.1, 0.15) is 0 Å². The van der Waals surface area contributed by atoms with Gasteiger partial charge in [0.25, 0.3) is 0 Å². The largest absolute Gasteiger partial charge is 0.481 e. The van der Waals surface area contributed by atoms with Crippen LogP contribution in [0.3, 0.4) is 0 Å². The lowest BCUT2D eigenvalue weighted by Gasteiger charge is -2.19. The van der Waals surface area contributed by atoms with Crippen molar-refractivity contribution < 1.29 is 36.2 Å². The first-order valence-electron chi connectivity index (χ1n) is 10.8. The van der Waals surface area contributed by atoms with E-state index in [2.05, 4.69) is 5.32 Å². The number of carbonyl (C=O) groups is 1. The van der Waals surface area contributed by atoms with E-state index in [0.717, 1.165) is 24.3 Å². The zero-order valence-electron chi connectivity index (χ0n) is 19.1. The Kier molecular flexibility index (Phi) is 7.93. The van der Waals surface area contributed by atoms with Gasteiger partial charge in [-0.05, 0) is 71.5 Å². The molecule has 3 rings (SSSR count). The number of halogens is 7. The summed E-state index contributed by atoms with van der Waals surface area (Å²) >= 11 is 5.69. The smallest absolute Gasteiger partial charge is 0.417 e. The second-order valence-electron chi connectivity index (χ2n) is 8.76. The second kappa shape index (κ2) is 10.4. The molecule has 3 aromatic carbocycles. The van der Waals surface area contributed by atoms with E-state index in [1.807, 2.05) is 13.8 Å². The highest BCUT2D eigenvalue weighted by Crippen LogP contribution is 2.38. The predicted molar refractivity (Wildman–Crippen MR) is 126 cm³/mol. The molecule has 0 saturated heterocycles. The molecule has 0 aliphatic rings. The Balaban J connectivity index is 2.11. The fourth-order valence-electron chi connectivity index (χ4n) is 3.78. The van der Waals surface area contributed by atoms with Crippen molar-refractivity contribution in [2.45, 2.75) is 38.5 Å². The van der Waals surface area contributed by atoms with Crippen LogP contribution in [0.1, 0.15) is 42.9 Å². The van der Waals surface area contributed by atoms with Crippen LogP contribution in [0, 0.1) is 5.92 Å². The van der Waals surface area contributed by atoms with Crippen LogP contribution < -0.4 is 5.32 Å². The number of carboxylic acids is 1. The minimum atomic E-state index is -4.69. The summed E-state index contributed by atoms with van der Waals surface area (Å²) in [6.07, 6.45) is -8.93. The summed E-state index contributed by atoms with van der Waals surface area (Å²) in [4.78, 5) is 12.0. The molecule has 0 amide bonds. The third kappa shape index (κ3) is 6.72. The average Bonchev–Trinajstić information content (AvgIpc) is 2.77. The fourth-order valence-corrected chi connectivity index (χ4v) is 4.01. The molecule has 0 aromatic heterocycles. The van der Waals surface area contributed by atoms with Gasteiger partial charge in [0.05, 0.1) is 22.1 Å². The van der Waals surface area contributed by atoms with Gasteiger partial charge in [-0.1, -0.05) is 43.6 Å². The third-order valence-electron chi connectivity index (χ3n) is 5.47. The summed E-state index contributed by atoms with van der Waals surface area (Å²) in [5.74, 6) is -2.01. The molecule has 1 unspecified atom stereocenters. The molecule has 0 aliphatic carbocycles. The van der Waals surface area contributed by atoms with Gasteiger partial charge in [0, 0.05) is 11.4 Å². The SMILES string of the molecule is CC(C)CC(C(=O)O)c1cc(Nc2ccc(Cl)c(C(F)(F)F)c2)cc(-c2ccc(C(F)(F)F)cc2)c1. The lowest BCUT2D eigenvalue weighted by Crippen LogP contribution is -2.14. The maximum atomic E-state index is 13.3. The van der Waals surface area contributed by atoms with E-state index < -0.39 is 40.4 Å². The maximum absolute atomic E-state index is 13.3. The van der Waals surface area contributed by atoms with Crippen LogP contribution in [0.4, 0.5) is 37.7 Å². The van der Waals surface area contributed by atoms with Crippen molar-refractivity contribution in [1.29, 1.82) is 0 Å². The van der Waals surface area contributed by atoms with Crippen LogP contribution in [0.15, 0.2) is 60.7 Å². The first-order valence-corrected chi connectivity index (χ1v) is 11.2. The molecule has 2 N–H and O–H groups in total. The number of alkyl halides is 6. The third-order valence-corrected chi connectivity index (χ3v) is 5.80. The Bertz CT molecular complexity index is 1240. The minimum Gasteiger partial charge on any atom is -0.481 e. The summed E-state index contributed by atoms with van der Waals surface area (Å²) in [6.45, 7) is 3.70. The Morgan fingerprint density at radius 1 is 0.861 bits per heavy atom. The molecule has 10 heteroatoms. The van der Waals surface area contributed by atoms with Crippen LogP contribution in [0.25, 0.3) is 11.1 Å². The number of hydrogen-bond donors (Lipinski definition) is 2. The first-order chi connectivity index (χ1) is 16.6. The van der Waals surface area contributed by atoms with Crippen molar-refractivity contribution in [1.82, 2.24) is 0 Å². The summed E-state index contributed by atoms with van der Waals surface area (Å²) in [7, 11) is 0. The number of carboxylic acid groups (broad SMARTS) is 1. The van der Waals surface area contributed by atoms with Gasteiger partial charge in [-0.3, -0.25) is 4.79 Å². The Morgan fingerprint density at radius 3 is 2.03 bits per heavy atom. The molecule has 0 fully saturated rings. The Hall–Kier alpha value is -3.20. The van der Waals surface area contributed by atoms with Crippen molar-refractivity contribution in [3.8, 4) is 11.1 Å². The number of nitrogens with one attached hydrogen (secondary N) is 1. The summed E-state index contributed by atoms with van der Waals surface area (Å²) in [6, 6.07) is 12.2. The topological polar surface area (TPSA) is 49.3 Å². The molecule has 3 nitrogen and oxygen atoms in total. The number of aliphatic carboxylic acids is 1. The van der Waals surface area contributed by atoms with E-state index >= 15 is 0 Å². The van der Waals surface area contributed by atoms with Crippen LogP contribution in [-0.4, -0.2) is 11.1 Å². The van der Waals surface area contributed by atoms with Crippen molar-refractivity contribution in [2.24, 2.45) is 5.92 Å². The maximum Gasteiger partial charge on any atom is 0.417 e. The fraction of sp³-hybridized carbons (Fsp3) is 0.269. The molecule has 3 aromatic rings. The number of benzene rings is 3. The first kappa shape index (κ1) is 27.4. The molecule has 0 saturated carbocycles. The van der Waals surface area contributed by atoms with Gasteiger partial charge in [-0.15, -0.1) is 0 Å². The molecular formula is C26H22ClF6NO2. The quantitative estimate of drug-likeness (QED) is 0.300. The molecule has 0 aliphatic heterocycles. The number of hydrogen-bond acceptors (Lipinski definition) is 2. The standard InChI is InChI=1S/C26H22ClF6NO2/c1-14(2)9-21(24(35)36)17-10-16(15-3-5-18(6-4-15)25(28,29)30)11-20(12-17)34-19-7-8-23(27)22(13-19)26(31,32)33/h3-8,10-14,21,34H,9H2,1-2H3,(H,35,36). The van der Waals surface area contributed by atoms with Crippen molar-refractivity contribution in [3.05, 3.63) is 82.4 Å². The normalized spacial score (nSPS) is 13.1. The minimum absolute atomic E-state index is 0.0165. The van der Waals surface area contributed by atoms with E-state index in [4.69, 9.17) is 11.6 Å². The zero-order valence-corrected chi connectivity index (χ0v) is 19.9. The monoisotopic (exact) mass is 529 g/mol. The van der Waals surface area contributed by atoms with E-state index in [1.165, 1.54) is 30.3 Å². The summed E-state index contributed by atoms with van der Waals surface area (Å²) in [5.41, 5.74) is -0.411. The van der Waals surface area contributed by atoms with Gasteiger partial charge in [-0.2, -0.15) is 26.3 Å². The highest BCUT2D eigenvalue weighted by Gasteiger charge is 2.33. The molecule has 0 bridgehead atoms. The zero-order chi connectivity index (χ0) is 26.8. The number of rotatable bonds is 7. The molecule has 192 valence electrons. The molecule has 1 atom stereocenters. The molecular weight excluding hydrogens is 508 g/mol. The van der Waals surface area contributed by atoms with E-state index in [9.17, 15) is 36.2 Å². The van der Waals surface area contributed by atoms with Crippen LogP contribution >= 0.6 is 11.6 Å². The Morgan fingerprint density at radius 2 is 1.50 bits per heavy atom. The van der Waals surface area contributed by atoms with E-state index in [0.29, 0.717) is 16.7 Å². The summed E-state index contributed by atoms with van der Waals surface area (Å²) in [5, 5.41) is 12.2. The second-order valence-corrected chi connectivity index (χ2v) is 9.16. The lowest BCUT2D eigenvalue weighted by atomic mass is 9.88. The van der Waals surface area contributed by atoms with E-state index in [-0.39, 0.29) is 23.7 Å². The van der Waals surface area contributed by atoms with Gasteiger partial charge < -0.3 is 10.4 Å². The van der Waals surface area contributed by atoms with Gasteiger partial charge in [-0.25, -0.2) is 0 Å².